The molecule has 0 radical (unpaired) electrons. The molecule has 1 saturated heterocycles. The van der Waals surface area contributed by atoms with E-state index < -0.39 is 0 Å². The minimum Gasteiger partial charge on any atom is -0.494 e. The minimum absolute atomic E-state index is 0. The number of hydrogen-bond acceptors (Lipinski definition) is 3. The predicted octanol–water partition coefficient (Wildman–Crippen LogP) is 4.00. The van der Waals surface area contributed by atoms with E-state index in [0.717, 1.165) is 30.2 Å². The van der Waals surface area contributed by atoms with Crippen LogP contribution in [0.2, 0.25) is 0 Å². The van der Waals surface area contributed by atoms with Crippen molar-refractivity contribution < 1.29 is 9.53 Å². The van der Waals surface area contributed by atoms with E-state index in [1.54, 1.807) is 7.05 Å². The third-order valence-corrected chi connectivity index (χ3v) is 5.22. The molecule has 2 aromatic rings. The zero-order valence-corrected chi connectivity index (χ0v) is 20.9. The second-order valence-electron chi connectivity index (χ2n) is 7.56. The summed E-state index contributed by atoms with van der Waals surface area (Å²) in [5.74, 6) is 1.91. The number of carbonyl (C=O) groups is 1. The summed E-state index contributed by atoms with van der Waals surface area (Å²) in [6.07, 6.45) is 1.66. The Morgan fingerprint density at radius 1 is 1.10 bits per heavy atom. The number of aliphatic imine (C=N–C) groups is 1. The fraction of sp³-hybridized carbons (Fsp3) is 0.417. The highest BCUT2D eigenvalue weighted by molar-refractivity contribution is 14.0. The van der Waals surface area contributed by atoms with Crippen LogP contribution in [0.5, 0.6) is 5.75 Å². The van der Waals surface area contributed by atoms with Crippen molar-refractivity contribution in [1.29, 1.82) is 0 Å². The number of amides is 1. The number of carbonyl (C=O) groups excluding carboxylic acids is 1. The molecule has 2 N–H and O–H groups in total. The van der Waals surface area contributed by atoms with Gasteiger partial charge in [0.2, 0.25) is 5.91 Å². The molecule has 2 aromatic carbocycles. The Labute approximate surface area is 202 Å². The summed E-state index contributed by atoms with van der Waals surface area (Å²) in [6.45, 7) is 7.59. The fourth-order valence-electron chi connectivity index (χ4n) is 3.54. The summed E-state index contributed by atoms with van der Waals surface area (Å²) >= 11 is 0. The number of ether oxygens (including phenoxy) is 1. The molecule has 3 rings (SSSR count). The van der Waals surface area contributed by atoms with Crippen LogP contribution in [0.25, 0.3) is 0 Å². The van der Waals surface area contributed by atoms with Crippen LogP contribution in [0.3, 0.4) is 0 Å². The summed E-state index contributed by atoms with van der Waals surface area (Å²) in [5, 5.41) is 6.71. The third-order valence-electron chi connectivity index (χ3n) is 5.22. The average molecular weight is 536 g/mol. The van der Waals surface area contributed by atoms with E-state index in [0.29, 0.717) is 32.7 Å². The highest BCUT2D eigenvalue weighted by Gasteiger charge is 2.19. The van der Waals surface area contributed by atoms with Gasteiger partial charge in [-0.15, -0.1) is 24.0 Å². The van der Waals surface area contributed by atoms with Crippen molar-refractivity contribution in [1.82, 2.24) is 15.5 Å². The molecule has 0 bridgehead atoms. The van der Waals surface area contributed by atoms with Crippen LogP contribution in [0, 0.1) is 6.92 Å². The van der Waals surface area contributed by atoms with E-state index in [2.05, 4.69) is 65.0 Å². The zero-order valence-electron chi connectivity index (χ0n) is 18.6. The van der Waals surface area contributed by atoms with E-state index in [1.807, 2.05) is 11.8 Å². The molecule has 0 aliphatic carbocycles. The lowest BCUT2D eigenvalue weighted by Crippen LogP contribution is -2.36. The van der Waals surface area contributed by atoms with Crippen LogP contribution in [-0.4, -0.2) is 37.0 Å². The van der Waals surface area contributed by atoms with E-state index in [-0.39, 0.29) is 29.9 Å². The number of nitrogens with zero attached hydrogens (tertiary/aromatic N) is 2. The first kappa shape index (κ1) is 25.0. The lowest BCUT2D eigenvalue weighted by Gasteiger charge is -2.16. The second-order valence-corrected chi connectivity index (χ2v) is 7.56. The van der Waals surface area contributed by atoms with Gasteiger partial charge in [0.1, 0.15) is 5.75 Å². The Balaban J connectivity index is 0.00000341. The number of benzene rings is 2. The van der Waals surface area contributed by atoms with Crippen LogP contribution < -0.4 is 15.4 Å². The van der Waals surface area contributed by atoms with Crippen molar-refractivity contribution in [3.8, 4) is 5.75 Å². The molecule has 0 saturated carbocycles. The van der Waals surface area contributed by atoms with Crippen molar-refractivity contribution in [2.24, 2.45) is 4.99 Å². The molecule has 31 heavy (non-hydrogen) atoms. The number of likely N-dealkylation sites (tertiary alicyclic amines) is 1. The quantitative estimate of drug-likeness (QED) is 0.304. The Bertz CT molecular complexity index is 884. The molecule has 7 heteroatoms. The van der Waals surface area contributed by atoms with Crippen LogP contribution in [-0.2, 0) is 24.4 Å². The first-order valence-electron chi connectivity index (χ1n) is 10.6. The fourth-order valence-corrected chi connectivity index (χ4v) is 3.54. The molecule has 1 aliphatic rings. The first-order valence-corrected chi connectivity index (χ1v) is 10.6. The summed E-state index contributed by atoms with van der Waals surface area (Å²) in [4.78, 5) is 18.0. The van der Waals surface area contributed by atoms with Gasteiger partial charge >= 0.3 is 0 Å². The summed E-state index contributed by atoms with van der Waals surface area (Å²) < 4.78 is 5.75. The standard InChI is InChI=1S/C24H32N4O2.HI/c1-4-30-22-14-18(2)7-12-21(22)16-27-24(25-3)26-15-19-8-10-20(11-9-19)17-28-13-5-6-23(28)29;/h7-12,14H,4-6,13,15-17H2,1-3H3,(H2,25,26,27);1H. The number of halogens is 1. The molecule has 0 aromatic heterocycles. The van der Waals surface area contributed by atoms with Gasteiger partial charge in [0, 0.05) is 45.2 Å². The van der Waals surface area contributed by atoms with Crippen LogP contribution in [0.15, 0.2) is 47.5 Å². The molecule has 1 heterocycles. The van der Waals surface area contributed by atoms with Crippen molar-refractivity contribution in [2.45, 2.75) is 46.3 Å². The Morgan fingerprint density at radius 3 is 2.45 bits per heavy atom. The van der Waals surface area contributed by atoms with Crippen LogP contribution in [0.1, 0.15) is 42.0 Å². The lowest BCUT2D eigenvalue weighted by molar-refractivity contribution is -0.128. The molecule has 0 unspecified atom stereocenters. The Hall–Kier alpha value is -2.29. The van der Waals surface area contributed by atoms with Gasteiger partial charge in [-0.25, -0.2) is 0 Å². The zero-order chi connectivity index (χ0) is 21.3. The highest BCUT2D eigenvalue weighted by atomic mass is 127. The highest BCUT2D eigenvalue weighted by Crippen LogP contribution is 2.20. The first-order chi connectivity index (χ1) is 14.6. The summed E-state index contributed by atoms with van der Waals surface area (Å²) in [5.41, 5.74) is 4.62. The van der Waals surface area contributed by atoms with E-state index in [4.69, 9.17) is 4.74 Å². The normalized spacial score (nSPS) is 13.7. The maximum atomic E-state index is 11.8. The molecule has 1 amide bonds. The monoisotopic (exact) mass is 536 g/mol. The SMILES string of the molecule is CCOc1cc(C)ccc1CNC(=NC)NCc1ccc(CN2CCCC2=O)cc1.I. The van der Waals surface area contributed by atoms with Gasteiger partial charge in [0.25, 0.3) is 0 Å². The lowest BCUT2D eigenvalue weighted by atomic mass is 10.1. The molecule has 1 fully saturated rings. The number of hydrogen-bond donors (Lipinski definition) is 2. The molecule has 0 atom stereocenters. The van der Waals surface area contributed by atoms with E-state index in [9.17, 15) is 4.79 Å². The van der Waals surface area contributed by atoms with Gasteiger partial charge in [0.15, 0.2) is 5.96 Å². The molecule has 1 aliphatic heterocycles. The maximum absolute atomic E-state index is 11.8. The molecule has 6 nitrogen and oxygen atoms in total. The Morgan fingerprint density at radius 2 is 1.81 bits per heavy atom. The van der Waals surface area contributed by atoms with Gasteiger partial charge < -0.3 is 20.3 Å². The largest absolute Gasteiger partial charge is 0.494 e. The number of guanidine groups is 1. The van der Waals surface area contributed by atoms with Gasteiger partial charge in [-0.05, 0) is 43.0 Å². The van der Waals surface area contributed by atoms with Crippen molar-refractivity contribution >= 4 is 35.8 Å². The summed E-state index contributed by atoms with van der Waals surface area (Å²) in [7, 11) is 1.77. The maximum Gasteiger partial charge on any atom is 0.222 e. The predicted molar refractivity (Wildman–Crippen MR) is 136 cm³/mol. The van der Waals surface area contributed by atoms with Gasteiger partial charge in [0.05, 0.1) is 6.61 Å². The van der Waals surface area contributed by atoms with Gasteiger partial charge in [-0.3, -0.25) is 9.79 Å². The smallest absolute Gasteiger partial charge is 0.222 e. The van der Waals surface area contributed by atoms with E-state index in [1.165, 1.54) is 16.7 Å². The van der Waals surface area contributed by atoms with Crippen molar-refractivity contribution in [3.63, 3.8) is 0 Å². The van der Waals surface area contributed by atoms with Gasteiger partial charge in [-0.2, -0.15) is 0 Å². The van der Waals surface area contributed by atoms with Crippen LogP contribution >= 0.6 is 24.0 Å². The second kappa shape index (κ2) is 12.5. The topological polar surface area (TPSA) is 66.0 Å². The molecule has 0 spiro atoms. The molecule has 168 valence electrons. The van der Waals surface area contributed by atoms with Gasteiger partial charge in [-0.1, -0.05) is 36.4 Å². The number of aryl methyl sites for hydroxylation is 1. The Kier molecular flexibility index (Phi) is 10.1. The third kappa shape index (κ3) is 7.41. The van der Waals surface area contributed by atoms with Crippen molar-refractivity contribution in [2.75, 3.05) is 20.2 Å². The minimum atomic E-state index is 0. The van der Waals surface area contributed by atoms with Crippen LogP contribution in [0.4, 0.5) is 0 Å². The molecular formula is C24H33IN4O2. The van der Waals surface area contributed by atoms with Crippen molar-refractivity contribution in [3.05, 3.63) is 64.7 Å². The molecular weight excluding hydrogens is 503 g/mol. The summed E-state index contributed by atoms with van der Waals surface area (Å²) in [6, 6.07) is 14.6. The number of nitrogens with one attached hydrogen (secondary N) is 2. The van der Waals surface area contributed by atoms with E-state index >= 15 is 0 Å². The average Bonchev–Trinajstić information content (AvgIpc) is 3.15. The number of rotatable bonds is 8.